The van der Waals surface area contributed by atoms with Crippen LogP contribution in [0.2, 0.25) is 0 Å². The van der Waals surface area contributed by atoms with Crippen molar-refractivity contribution in [1.82, 2.24) is 9.78 Å². The van der Waals surface area contributed by atoms with Gasteiger partial charge in [0.1, 0.15) is 16.6 Å². The molecule has 3 aromatic rings. The summed E-state index contributed by atoms with van der Waals surface area (Å²) in [5, 5.41) is 10.1. The summed E-state index contributed by atoms with van der Waals surface area (Å²) in [5.41, 5.74) is 0.943. The Kier molecular flexibility index (Phi) is 6.86. The van der Waals surface area contributed by atoms with E-state index in [4.69, 9.17) is 9.15 Å². The first-order valence-electron chi connectivity index (χ1n) is 11.9. The van der Waals surface area contributed by atoms with Gasteiger partial charge in [0.05, 0.1) is 28.9 Å². The fourth-order valence-electron chi connectivity index (χ4n) is 4.83. The maximum absolute atomic E-state index is 14.0. The third-order valence-corrected chi connectivity index (χ3v) is 8.54. The van der Waals surface area contributed by atoms with Gasteiger partial charge in [0.25, 0.3) is 5.91 Å². The van der Waals surface area contributed by atoms with Crippen LogP contribution in [0, 0.1) is 5.92 Å². The Morgan fingerprint density at radius 3 is 2.86 bits per heavy atom. The van der Waals surface area contributed by atoms with Crippen LogP contribution in [0.4, 0.5) is 24.0 Å². The number of alkyl halides is 3. The van der Waals surface area contributed by atoms with Gasteiger partial charge in [0, 0.05) is 11.3 Å². The summed E-state index contributed by atoms with van der Waals surface area (Å²) < 4.78 is 53.5. The molecule has 0 aromatic carbocycles. The molecule has 0 saturated carbocycles. The number of carbonyl (C=O) groups excluding carboxylic acids is 2. The molecule has 1 amide bonds. The number of furan rings is 1. The molecule has 8 nitrogen and oxygen atoms in total. The summed E-state index contributed by atoms with van der Waals surface area (Å²) in [5.74, 6) is -0.468. The molecule has 2 N–H and O–H groups in total. The maximum Gasteiger partial charge on any atom is 0.410 e. The first kappa shape index (κ1) is 25.8. The predicted octanol–water partition coefficient (Wildman–Crippen LogP) is 6.51. The predicted molar refractivity (Wildman–Crippen MR) is 134 cm³/mol. The van der Waals surface area contributed by atoms with Gasteiger partial charge in [-0.05, 0) is 65.7 Å². The van der Waals surface area contributed by atoms with E-state index in [0.29, 0.717) is 28.7 Å². The number of amides is 1. The highest BCUT2D eigenvalue weighted by molar-refractivity contribution is 9.10. The SMILES string of the molecule is CCOC(=O)c1c(NC(=O)c2nn3c(c2Br)N[C@H](c2ccco2)C[C@@H]3C(F)(F)F)sc2c1CC[C@@H](C)C2. The van der Waals surface area contributed by atoms with Crippen molar-refractivity contribution >= 4 is 50.0 Å². The molecule has 3 atom stereocenters. The molecule has 0 spiro atoms. The quantitative estimate of drug-likeness (QED) is 0.324. The summed E-state index contributed by atoms with van der Waals surface area (Å²) in [6.45, 7) is 4.00. The summed E-state index contributed by atoms with van der Waals surface area (Å²) in [4.78, 5) is 27.1. The number of carbonyl (C=O) groups is 2. The first-order valence-corrected chi connectivity index (χ1v) is 13.5. The zero-order chi connectivity index (χ0) is 26.5. The molecule has 1 aliphatic carbocycles. The minimum Gasteiger partial charge on any atom is -0.467 e. The molecule has 3 aromatic heterocycles. The number of nitrogens with zero attached hydrogens (tertiary/aromatic N) is 2. The van der Waals surface area contributed by atoms with Gasteiger partial charge >= 0.3 is 12.1 Å². The van der Waals surface area contributed by atoms with E-state index in [-0.39, 0.29) is 29.0 Å². The van der Waals surface area contributed by atoms with Crippen LogP contribution in [0.5, 0.6) is 0 Å². The molecule has 2 aliphatic rings. The smallest absolute Gasteiger partial charge is 0.410 e. The van der Waals surface area contributed by atoms with Gasteiger partial charge in [-0.1, -0.05) is 6.92 Å². The Labute approximate surface area is 222 Å². The van der Waals surface area contributed by atoms with Gasteiger partial charge in [0.2, 0.25) is 0 Å². The second kappa shape index (κ2) is 9.82. The van der Waals surface area contributed by atoms with Crippen molar-refractivity contribution in [3.63, 3.8) is 0 Å². The molecule has 5 rings (SSSR count). The zero-order valence-corrected chi connectivity index (χ0v) is 22.3. The van der Waals surface area contributed by atoms with Gasteiger partial charge < -0.3 is 19.8 Å². The number of halogens is 4. The molecular formula is C24H24BrF3N4O4S. The normalized spacial score (nSPS) is 21.1. The molecule has 4 heterocycles. The highest BCUT2D eigenvalue weighted by Crippen LogP contribution is 2.47. The van der Waals surface area contributed by atoms with Gasteiger partial charge in [0.15, 0.2) is 11.7 Å². The Bertz CT molecular complexity index is 1330. The van der Waals surface area contributed by atoms with Gasteiger partial charge in [-0.3, -0.25) is 4.79 Å². The summed E-state index contributed by atoms with van der Waals surface area (Å²) in [6.07, 6.45) is -1.21. The topological polar surface area (TPSA) is 98.4 Å². The molecule has 198 valence electrons. The van der Waals surface area contributed by atoms with Crippen LogP contribution in [-0.4, -0.2) is 34.4 Å². The fraction of sp³-hybridized carbons (Fsp3) is 0.458. The number of ether oxygens (including phenoxy) is 1. The lowest BCUT2D eigenvalue weighted by Gasteiger charge is -2.32. The number of esters is 1. The molecule has 1 aliphatic heterocycles. The number of hydrogen-bond acceptors (Lipinski definition) is 7. The van der Waals surface area contributed by atoms with Crippen LogP contribution in [0.3, 0.4) is 0 Å². The van der Waals surface area contributed by atoms with Crippen molar-refractivity contribution in [3.8, 4) is 0 Å². The monoisotopic (exact) mass is 600 g/mol. The number of hydrogen-bond donors (Lipinski definition) is 2. The van der Waals surface area contributed by atoms with E-state index < -0.39 is 30.1 Å². The van der Waals surface area contributed by atoms with E-state index in [1.807, 2.05) is 0 Å². The molecule has 0 unspecified atom stereocenters. The number of fused-ring (bicyclic) bond motifs is 2. The Balaban J connectivity index is 1.50. The minimum absolute atomic E-state index is 0.0186. The van der Waals surface area contributed by atoms with E-state index in [1.54, 1.807) is 19.1 Å². The number of nitrogens with one attached hydrogen (secondary N) is 2. The van der Waals surface area contributed by atoms with Gasteiger partial charge in [-0.25, -0.2) is 9.48 Å². The Hall–Kier alpha value is -2.80. The summed E-state index contributed by atoms with van der Waals surface area (Å²) >= 11 is 4.58. The lowest BCUT2D eigenvalue weighted by atomic mass is 9.88. The average molecular weight is 601 g/mol. The van der Waals surface area contributed by atoms with Crippen LogP contribution >= 0.6 is 27.3 Å². The number of aromatic nitrogens is 2. The summed E-state index contributed by atoms with van der Waals surface area (Å²) in [7, 11) is 0. The third-order valence-electron chi connectivity index (χ3n) is 6.62. The van der Waals surface area contributed by atoms with Crippen molar-refractivity contribution < 1.29 is 31.9 Å². The Morgan fingerprint density at radius 1 is 1.41 bits per heavy atom. The standard InChI is InChI=1S/C24H24BrF3N4O4S/c1-3-35-23(34)17-12-7-6-11(2)9-15(12)37-22(17)30-21(33)19-18(25)20-29-13(14-5-4-8-36-14)10-16(24(26,27)28)32(20)31-19/h4-5,8,11,13,16,29H,3,6-7,9-10H2,1-2H3,(H,30,33)/t11-,13+,16-/m1/s1. The third kappa shape index (κ3) is 4.78. The first-order chi connectivity index (χ1) is 17.6. The van der Waals surface area contributed by atoms with Crippen molar-refractivity contribution in [2.75, 3.05) is 17.2 Å². The fourth-order valence-corrected chi connectivity index (χ4v) is 6.78. The maximum atomic E-state index is 14.0. The highest BCUT2D eigenvalue weighted by atomic mass is 79.9. The lowest BCUT2D eigenvalue weighted by molar-refractivity contribution is -0.174. The number of rotatable bonds is 5. The molecule has 13 heteroatoms. The summed E-state index contributed by atoms with van der Waals surface area (Å²) in [6, 6.07) is 0.457. The van der Waals surface area contributed by atoms with Crippen LogP contribution in [0.1, 0.15) is 75.8 Å². The molecule has 0 radical (unpaired) electrons. The molecule has 0 bridgehead atoms. The molecule has 37 heavy (non-hydrogen) atoms. The van der Waals surface area contributed by atoms with Crippen LogP contribution in [0.15, 0.2) is 27.3 Å². The van der Waals surface area contributed by atoms with E-state index in [9.17, 15) is 22.8 Å². The van der Waals surface area contributed by atoms with Crippen molar-refractivity contribution in [3.05, 3.63) is 50.3 Å². The van der Waals surface area contributed by atoms with Crippen LogP contribution < -0.4 is 10.6 Å². The van der Waals surface area contributed by atoms with Crippen LogP contribution in [0.25, 0.3) is 0 Å². The molecule has 0 saturated heterocycles. The zero-order valence-electron chi connectivity index (χ0n) is 19.9. The second-order valence-electron chi connectivity index (χ2n) is 9.19. The average Bonchev–Trinajstić information content (AvgIpc) is 3.55. The minimum atomic E-state index is -4.61. The van der Waals surface area contributed by atoms with Gasteiger partial charge in [-0.2, -0.15) is 18.3 Å². The number of thiophene rings is 1. The molecule has 0 fully saturated rings. The lowest BCUT2D eigenvalue weighted by Crippen LogP contribution is -2.35. The van der Waals surface area contributed by atoms with E-state index >= 15 is 0 Å². The highest BCUT2D eigenvalue weighted by Gasteiger charge is 2.48. The van der Waals surface area contributed by atoms with E-state index in [2.05, 4.69) is 38.6 Å². The van der Waals surface area contributed by atoms with Crippen LogP contribution in [-0.2, 0) is 17.6 Å². The van der Waals surface area contributed by atoms with Gasteiger partial charge in [-0.15, -0.1) is 11.3 Å². The number of anilines is 2. The van der Waals surface area contributed by atoms with Crippen molar-refractivity contribution in [1.29, 1.82) is 0 Å². The largest absolute Gasteiger partial charge is 0.467 e. The molecular weight excluding hydrogens is 577 g/mol. The van der Waals surface area contributed by atoms with E-state index in [1.165, 1.54) is 17.6 Å². The van der Waals surface area contributed by atoms with E-state index in [0.717, 1.165) is 28.0 Å². The second-order valence-corrected chi connectivity index (χ2v) is 11.1. The van der Waals surface area contributed by atoms with Crippen molar-refractivity contribution in [2.45, 2.75) is 57.8 Å². The van der Waals surface area contributed by atoms with Crippen molar-refractivity contribution in [2.24, 2.45) is 5.92 Å². The Morgan fingerprint density at radius 2 is 2.19 bits per heavy atom.